The molecule has 0 radical (unpaired) electrons. The van der Waals surface area contributed by atoms with Crippen LogP contribution in [0.2, 0.25) is 0 Å². The van der Waals surface area contributed by atoms with E-state index in [1.54, 1.807) is 0 Å². The summed E-state index contributed by atoms with van der Waals surface area (Å²) in [6.07, 6.45) is 2.49. The van der Waals surface area contributed by atoms with Crippen LogP contribution in [-0.2, 0) is 6.54 Å². The number of rotatable bonds is 4. The first-order valence-corrected chi connectivity index (χ1v) is 6.88. The molecule has 2 rings (SSSR count). The van der Waals surface area contributed by atoms with Crippen molar-refractivity contribution in [3.05, 3.63) is 11.7 Å². The average Bonchev–Trinajstić information content (AvgIpc) is 2.78. The number of likely N-dealkylation sites (tertiary alicyclic amines) is 1. The molecule has 110 valence electrons. The van der Waals surface area contributed by atoms with E-state index in [4.69, 9.17) is 10.3 Å². The molecular formula is C13H25ClN4O. The van der Waals surface area contributed by atoms with Crippen molar-refractivity contribution < 1.29 is 4.52 Å². The highest BCUT2D eigenvalue weighted by Gasteiger charge is 2.28. The Balaban J connectivity index is 0.00000180. The van der Waals surface area contributed by atoms with Crippen LogP contribution < -0.4 is 5.73 Å². The minimum atomic E-state index is 0. The number of halogens is 1. The summed E-state index contributed by atoms with van der Waals surface area (Å²) in [7, 11) is 0. The third-order valence-corrected chi connectivity index (χ3v) is 3.79. The third-order valence-electron chi connectivity index (χ3n) is 3.79. The average molecular weight is 289 g/mol. The molecule has 2 N–H and O–H groups in total. The van der Waals surface area contributed by atoms with Crippen molar-refractivity contribution in [1.29, 1.82) is 0 Å². The zero-order valence-corrected chi connectivity index (χ0v) is 12.8. The number of hydrogen-bond acceptors (Lipinski definition) is 5. The zero-order chi connectivity index (χ0) is 13.1. The monoisotopic (exact) mass is 288 g/mol. The molecular weight excluding hydrogens is 264 g/mol. The second-order valence-corrected chi connectivity index (χ2v) is 5.60. The first kappa shape index (κ1) is 16.4. The van der Waals surface area contributed by atoms with Crippen molar-refractivity contribution in [3.8, 4) is 0 Å². The van der Waals surface area contributed by atoms with Crippen molar-refractivity contribution in [2.24, 2.45) is 11.7 Å². The van der Waals surface area contributed by atoms with Crippen LogP contribution in [0, 0.1) is 5.92 Å². The fraction of sp³-hybridized carbons (Fsp3) is 0.846. The van der Waals surface area contributed by atoms with Gasteiger partial charge in [-0.3, -0.25) is 4.90 Å². The Morgan fingerprint density at radius 3 is 2.79 bits per heavy atom. The maximum Gasteiger partial charge on any atom is 0.229 e. The summed E-state index contributed by atoms with van der Waals surface area (Å²) < 4.78 is 5.24. The van der Waals surface area contributed by atoms with E-state index in [1.165, 1.54) is 12.8 Å². The fourth-order valence-corrected chi connectivity index (χ4v) is 2.66. The first-order chi connectivity index (χ1) is 8.61. The van der Waals surface area contributed by atoms with Gasteiger partial charge in [-0.25, -0.2) is 0 Å². The van der Waals surface area contributed by atoms with Gasteiger partial charge in [-0.1, -0.05) is 25.9 Å². The SMILES string of the molecule is CC(C)c1nc(CN2CCCC(C)C2CN)no1.Cl. The van der Waals surface area contributed by atoms with Gasteiger partial charge in [0.05, 0.1) is 6.54 Å². The van der Waals surface area contributed by atoms with Crippen LogP contribution in [0.5, 0.6) is 0 Å². The summed E-state index contributed by atoms with van der Waals surface area (Å²) in [5.41, 5.74) is 5.89. The Morgan fingerprint density at radius 1 is 1.47 bits per heavy atom. The molecule has 2 unspecified atom stereocenters. The largest absolute Gasteiger partial charge is 0.339 e. The topological polar surface area (TPSA) is 68.2 Å². The molecule has 19 heavy (non-hydrogen) atoms. The van der Waals surface area contributed by atoms with Gasteiger partial charge in [-0.2, -0.15) is 4.98 Å². The predicted octanol–water partition coefficient (Wildman–Crippen LogP) is 2.17. The molecule has 1 fully saturated rings. The lowest BCUT2D eigenvalue weighted by Crippen LogP contribution is -2.48. The molecule has 1 aromatic heterocycles. The van der Waals surface area contributed by atoms with Gasteiger partial charge in [-0.15, -0.1) is 12.4 Å². The number of piperidine rings is 1. The van der Waals surface area contributed by atoms with Crippen molar-refractivity contribution in [3.63, 3.8) is 0 Å². The Morgan fingerprint density at radius 2 is 2.21 bits per heavy atom. The lowest BCUT2D eigenvalue weighted by molar-refractivity contribution is 0.0954. The highest BCUT2D eigenvalue weighted by atomic mass is 35.5. The van der Waals surface area contributed by atoms with Gasteiger partial charge in [0, 0.05) is 18.5 Å². The Kier molecular flexibility index (Phi) is 6.23. The summed E-state index contributed by atoms with van der Waals surface area (Å²) in [4.78, 5) is 6.83. The van der Waals surface area contributed by atoms with Gasteiger partial charge in [-0.05, 0) is 25.3 Å². The molecule has 0 bridgehead atoms. The summed E-state index contributed by atoms with van der Waals surface area (Å²) in [6.45, 7) is 8.93. The molecule has 0 saturated carbocycles. The van der Waals surface area contributed by atoms with Crippen LogP contribution >= 0.6 is 12.4 Å². The molecule has 2 heterocycles. The fourth-order valence-electron chi connectivity index (χ4n) is 2.66. The van der Waals surface area contributed by atoms with Crippen LogP contribution in [0.15, 0.2) is 4.52 Å². The molecule has 1 aliphatic rings. The second kappa shape index (κ2) is 7.22. The van der Waals surface area contributed by atoms with E-state index in [0.29, 0.717) is 18.5 Å². The van der Waals surface area contributed by atoms with Crippen LogP contribution in [0.25, 0.3) is 0 Å². The summed E-state index contributed by atoms with van der Waals surface area (Å²) >= 11 is 0. The van der Waals surface area contributed by atoms with Gasteiger partial charge in [0.1, 0.15) is 0 Å². The molecule has 0 aliphatic carbocycles. The predicted molar refractivity (Wildman–Crippen MR) is 77.3 cm³/mol. The Labute approximate surface area is 121 Å². The number of hydrogen-bond donors (Lipinski definition) is 1. The number of nitrogens with zero attached hydrogens (tertiary/aromatic N) is 3. The van der Waals surface area contributed by atoms with E-state index in [1.807, 2.05) is 0 Å². The quantitative estimate of drug-likeness (QED) is 0.920. The first-order valence-electron chi connectivity index (χ1n) is 6.88. The Hall–Kier alpha value is -0.650. The van der Waals surface area contributed by atoms with E-state index in [0.717, 1.165) is 24.8 Å². The minimum absolute atomic E-state index is 0. The van der Waals surface area contributed by atoms with Crippen LogP contribution in [0.1, 0.15) is 51.2 Å². The van der Waals surface area contributed by atoms with Crippen LogP contribution in [-0.4, -0.2) is 34.2 Å². The maximum absolute atomic E-state index is 5.89. The molecule has 2 atom stereocenters. The maximum atomic E-state index is 5.89. The molecule has 5 nitrogen and oxygen atoms in total. The van der Waals surface area contributed by atoms with Crippen LogP contribution in [0.4, 0.5) is 0 Å². The zero-order valence-electron chi connectivity index (χ0n) is 12.0. The Bertz CT molecular complexity index is 382. The number of aromatic nitrogens is 2. The minimum Gasteiger partial charge on any atom is -0.339 e. The standard InChI is InChI=1S/C13H24N4O.ClH/c1-9(2)13-15-12(16-18-13)8-17-6-4-5-10(3)11(17)7-14;/h9-11H,4-8,14H2,1-3H3;1H. The molecule has 0 aromatic carbocycles. The molecule has 0 amide bonds. The third kappa shape index (κ3) is 3.91. The summed E-state index contributed by atoms with van der Waals surface area (Å²) in [5.74, 6) is 2.45. The van der Waals surface area contributed by atoms with Gasteiger partial charge >= 0.3 is 0 Å². The molecule has 0 spiro atoms. The van der Waals surface area contributed by atoms with E-state index >= 15 is 0 Å². The van der Waals surface area contributed by atoms with E-state index in [9.17, 15) is 0 Å². The van der Waals surface area contributed by atoms with Crippen molar-refractivity contribution in [2.75, 3.05) is 13.1 Å². The van der Waals surface area contributed by atoms with Gasteiger partial charge < -0.3 is 10.3 Å². The molecule has 6 heteroatoms. The lowest BCUT2D eigenvalue weighted by Gasteiger charge is -2.38. The molecule has 1 aliphatic heterocycles. The molecule has 1 saturated heterocycles. The normalized spacial score (nSPS) is 24.5. The summed E-state index contributed by atoms with van der Waals surface area (Å²) in [5, 5.41) is 4.06. The van der Waals surface area contributed by atoms with Crippen molar-refractivity contribution in [1.82, 2.24) is 15.0 Å². The highest BCUT2D eigenvalue weighted by molar-refractivity contribution is 5.85. The van der Waals surface area contributed by atoms with E-state index < -0.39 is 0 Å². The lowest BCUT2D eigenvalue weighted by atomic mass is 9.91. The van der Waals surface area contributed by atoms with Crippen molar-refractivity contribution in [2.45, 2.75) is 52.1 Å². The summed E-state index contributed by atoms with van der Waals surface area (Å²) in [6, 6.07) is 0.444. The van der Waals surface area contributed by atoms with Gasteiger partial charge in [0.25, 0.3) is 0 Å². The smallest absolute Gasteiger partial charge is 0.229 e. The van der Waals surface area contributed by atoms with Crippen LogP contribution in [0.3, 0.4) is 0 Å². The van der Waals surface area contributed by atoms with Crippen molar-refractivity contribution >= 4 is 12.4 Å². The van der Waals surface area contributed by atoms with Gasteiger partial charge in [0.15, 0.2) is 5.82 Å². The van der Waals surface area contributed by atoms with E-state index in [-0.39, 0.29) is 18.3 Å². The number of nitrogens with two attached hydrogens (primary N) is 1. The highest BCUT2D eigenvalue weighted by Crippen LogP contribution is 2.24. The van der Waals surface area contributed by atoms with E-state index in [2.05, 4.69) is 35.8 Å². The van der Waals surface area contributed by atoms with Gasteiger partial charge in [0.2, 0.25) is 5.89 Å². The molecule has 1 aromatic rings. The second-order valence-electron chi connectivity index (χ2n) is 5.60.